The van der Waals surface area contributed by atoms with E-state index in [0.29, 0.717) is 6.42 Å². The maximum Gasteiger partial charge on any atom is 0.254 e. The Balaban J connectivity index is 2.09. The fraction of sp³-hybridized carbons (Fsp3) is 0.500. The van der Waals surface area contributed by atoms with Crippen molar-refractivity contribution in [3.05, 3.63) is 35.1 Å². The third-order valence-corrected chi connectivity index (χ3v) is 3.41. The van der Waals surface area contributed by atoms with Gasteiger partial charge in [-0.3, -0.25) is 4.79 Å². The van der Waals surface area contributed by atoms with Crippen LogP contribution in [-0.2, 0) is 0 Å². The molecule has 3 nitrogen and oxygen atoms in total. The molecule has 1 saturated carbocycles. The summed E-state index contributed by atoms with van der Waals surface area (Å²) in [4.78, 5) is 12.0. The molecule has 0 aromatic heterocycles. The van der Waals surface area contributed by atoms with Crippen molar-refractivity contribution in [3.63, 3.8) is 0 Å². The predicted octanol–water partition coefficient (Wildman–Crippen LogP) is 2.17. The van der Waals surface area contributed by atoms with Crippen LogP contribution < -0.4 is 5.32 Å². The van der Waals surface area contributed by atoms with E-state index in [4.69, 9.17) is 0 Å². The summed E-state index contributed by atoms with van der Waals surface area (Å²) < 4.78 is 13.5. The third kappa shape index (κ3) is 2.88. The largest absolute Gasteiger partial charge is 0.391 e. The van der Waals surface area contributed by atoms with Gasteiger partial charge in [-0.15, -0.1) is 0 Å². The molecule has 0 aliphatic heterocycles. The molecule has 1 aliphatic carbocycles. The van der Waals surface area contributed by atoms with E-state index >= 15 is 0 Å². The topological polar surface area (TPSA) is 49.3 Å². The number of aryl methyl sites for hydroxylation is 1. The van der Waals surface area contributed by atoms with Gasteiger partial charge in [0.15, 0.2) is 0 Å². The van der Waals surface area contributed by atoms with E-state index in [2.05, 4.69) is 5.32 Å². The van der Waals surface area contributed by atoms with Crippen molar-refractivity contribution in [1.82, 2.24) is 5.32 Å². The Morgan fingerprint density at radius 1 is 1.39 bits per heavy atom. The van der Waals surface area contributed by atoms with Crippen LogP contribution in [0.1, 0.15) is 41.6 Å². The molecule has 2 atom stereocenters. The summed E-state index contributed by atoms with van der Waals surface area (Å²) in [6.45, 7) is 1.81. The van der Waals surface area contributed by atoms with Gasteiger partial charge in [0.25, 0.3) is 5.91 Å². The van der Waals surface area contributed by atoms with Crippen LogP contribution in [0.25, 0.3) is 0 Å². The van der Waals surface area contributed by atoms with E-state index < -0.39 is 17.8 Å². The number of carbonyl (C=O) groups is 1. The maximum atomic E-state index is 13.5. The van der Waals surface area contributed by atoms with Crippen molar-refractivity contribution in [2.75, 3.05) is 0 Å². The number of carbonyl (C=O) groups excluding carboxylic acids is 1. The number of amides is 1. The second-order valence-electron chi connectivity index (χ2n) is 4.92. The van der Waals surface area contributed by atoms with Gasteiger partial charge >= 0.3 is 0 Å². The molecule has 98 valence electrons. The molecule has 1 fully saturated rings. The number of halogens is 1. The zero-order valence-electron chi connectivity index (χ0n) is 10.4. The standard InChI is InChI=1S/C14H18FNO2/c1-9-6-7-11(15)10(8-9)14(18)16-12-4-2-3-5-13(12)17/h6-8,12-13,17H,2-5H2,1H3,(H,16,18)/t12-,13-/m1/s1. The van der Waals surface area contributed by atoms with Crippen LogP contribution in [-0.4, -0.2) is 23.2 Å². The first-order chi connectivity index (χ1) is 8.58. The second-order valence-corrected chi connectivity index (χ2v) is 4.92. The molecule has 1 aromatic rings. The highest BCUT2D eigenvalue weighted by atomic mass is 19.1. The van der Waals surface area contributed by atoms with E-state index in [1.54, 1.807) is 6.07 Å². The highest BCUT2D eigenvalue weighted by Gasteiger charge is 2.25. The normalized spacial score (nSPS) is 23.7. The van der Waals surface area contributed by atoms with Gasteiger partial charge in [0.2, 0.25) is 0 Å². The first-order valence-corrected chi connectivity index (χ1v) is 6.33. The molecule has 0 saturated heterocycles. The summed E-state index contributed by atoms with van der Waals surface area (Å²) in [7, 11) is 0. The van der Waals surface area contributed by atoms with Crippen LogP contribution in [0.15, 0.2) is 18.2 Å². The number of nitrogens with one attached hydrogen (secondary N) is 1. The lowest BCUT2D eigenvalue weighted by molar-refractivity contribution is 0.0714. The Kier molecular flexibility index (Phi) is 3.97. The second kappa shape index (κ2) is 5.48. The highest BCUT2D eigenvalue weighted by molar-refractivity contribution is 5.94. The van der Waals surface area contributed by atoms with E-state index in [0.717, 1.165) is 24.8 Å². The summed E-state index contributed by atoms with van der Waals surface area (Å²) >= 11 is 0. The Labute approximate surface area is 106 Å². The van der Waals surface area contributed by atoms with Gasteiger partial charge in [-0.1, -0.05) is 24.5 Å². The average Bonchev–Trinajstić information content (AvgIpc) is 2.35. The van der Waals surface area contributed by atoms with Crippen molar-refractivity contribution in [2.45, 2.75) is 44.8 Å². The molecule has 2 rings (SSSR count). The number of aliphatic hydroxyl groups excluding tert-OH is 1. The lowest BCUT2D eigenvalue weighted by Crippen LogP contribution is -2.45. The molecular formula is C14H18FNO2. The van der Waals surface area contributed by atoms with Crippen molar-refractivity contribution in [2.24, 2.45) is 0 Å². The molecule has 2 N–H and O–H groups in total. The summed E-state index contributed by atoms with van der Waals surface area (Å²) in [5.74, 6) is -0.967. The molecule has 0 radical (unpaired) electrons. The molecule has 1 aromatic carbocycles. The van der Waals surface area contributed by atoms with Crippen LogP contribution >= 0.6 is 0 Å². The van der Waals surface area contributed by atoms with Gasteiger partial charge < -0.3 is 10.4 Å². The summed E-state index contributed by atoms with van der Waals surface area (Å²) in [6.07, 6.45) is 2.89. The van der Waals surface area contributed by atoms with E-state index in [9.17, 15) is 14.3 Å². The minimum absolute atomic E-state index is 0.0489. The monoisotopic (exact) mass is 251 g/mol. The van der Waals surface area contributed by atoms with Crippen LogP contribution in [0.3, 0.4) is 0 Å². The predicted molar refractivity (Wildman–Crippen MR) is 66.9 cm³/mol. The third-order valence-electron chi connectivity index (χ3n) is 3.41. The quantitative estimate of drug-likeness (QED) is 0.846. The Morgan fingerprint density at radius 3 is 2.83 bits per heavy atom. The fourth-order valence-corrected chi connectivity index (χ4v) is 2.34. The van der Waals surface area contributed by atoms with Crippen LogP contribution in [0, 0.1) is 12.7 Å². The van der Waals surface area contributed by atoms with Gasteiger partial charge in [-0.25, -0.2) is 4.39 Å². The smallest absolute Gasteiger partial charge is 0.254 e. The Hall–Kier alpha value is -1.42. The van der Waals surface area contributed by atoms with E-state index in [1.165, 1.54) is 12.1 Å². The number of aliphatic hydroxyl groups is 1. The first kappa shape index (κ1) is 13.0. The van der Waals surface area contributed by atoms with Crippen molar-refractivity contribution in [3.8, 4) is 0 Å². The van der Waals surface area contributed by atoms with Crippen molar-refractivity contribution >= 4 is 5.91 Å². The molecule has 18 heavy (non-hydrogen) atoms. The first-order valence-electron chi connectivity index (χ1n) is 6.33. The maximum absolute atomic E-state index is 13.5. The Morgan fingerprint density at radius 2 is 2.11 bits per heavy atom. The highest BCUT2D eigenvalue weighted by Crippen LogP contribution is 2.19. The van der Waals surface area contributed by atoms with E-state index in [1.807, 2.05) is 6.92 Å². The summed E-state index contributed by atoms with van der Waals surface area (Å²) in [6, 6.07) is 4.19. The van der Waals surface area contributed by atoms with E-state index in [-0.39, 0.29) is 11.6 Å². The molecule has 0 unspecified atom stereocenters. The van der Waals surface area contributed by atoms with Gasteiger partial charge in [0, 0.05) is 0 Å². The van der Waals surface area contributed by atoms with Gasteiger partial charge in [-0.05, 0) is 31.9 Å². The van der Waals surface area contributed by atoms with Crippen molar-refractivity contribution in [1.29, 1.82) is 0 Å². The number of hydrogen-bond donors (Lipinski definition) is 2. The zero-order valence-corrected chi connectivity index (χ0v) is 10.4. The molecule has 0 heterocycles. The van der Waals surface area contributed by atoms with Crippen LogP contribution in [0.2, 0.25) is 0 Å². The molecule has 0 spiro atoms. The summed E-state index contributed by atoms with van der Waals surface area (Å²) in [5, 5.41) is 12.5. The van der Waals surface area contributed by atoms with Crippen molar-refractivity contribution < 1.29 is 14.3 Å². The van der Waals surface area contributed by atoms with Gasteiger partial charge in [0.1, 0.15) is 5.82 Å². The van der Waals surface area contributed by atoms with Crippen LogP contribution in [0.4, 0.5) is 4.39 Å². The van der Waals surface area contributed by atoms with Gasteiger partial charge in [0.05, 0.1) is 17.7 Å². The Bertz CT molecular complexity index is 447. The SMILES string of the molecule is Cc1ccc(F)c(C(=O)N[C@@H]2CCCC[C@H]2O)c1. The number of hydrogen-bond acceptors (Lipinski definition) is 2. The molecule has 4 heteroatoms. The number of benzene rings is 1. The average molecular weight is 251 g/mol. The fourth-order valence-electron chi connectivity index (χ4n) is 2.34. The van der Waals surface area contributed by atoms with Crippen LogP contribution in [0.5, 0.6) is 0 Å². The summed E-state index contributed by atoms with van der Waals surface area (Å²) in [5.41, 5.74) is 0.888. The lowest BCUT2D eigenvalue weighted by Gasteiger charge is -2.28. The molecule has 1 amide bonds. The minimum Gasteiger partial charge on any atom is -0.391 e. The van der Waals surface area contributed by atoms with Gasteiger partial charge in [-0.2, -0.15) is 0 Å². The zero-order chi connectivity index (χ0) is 13.1. The minimum atomic E-state index is -0.525. The molecular weight excluding hydrogens is 233 g/mol. The molecule has 1 aliphatic rings. The lowest BCUT2D eigenvalue weighted by atomic mass is 9.92. The number of rotatable bonds is 2. The molecule has 0 bridgehead atoms.